The van der Waals surface area contributed by atoms with Gasteiger partial charge >= 0.3 is 0 Å². The Morgan fingerprint density at radius 3 is 2.94 bits per heavy atom. The summed E-state index contributed by atoms with van der Waals surface area (Å²) in [5, 5.41) is 2.93. The van der Waals surface area contributed by atoms with Gasteiger partial charge in [-0.1, -0.05) is 30.2 Å². The van der Waals surface area contributed by atoms with Crippen LogP contribution in [0, 0.1) is 12.3 Å². The number of carbonyl (C=O) groups excluding carboxylic acids is 1. The van der Waals surface area contributed by atoms with Crippen molar-refractivity contribution in [3.05, 3.63) is 35.4 Å². The molecule has 0 spiro atoms. The molecule has 0 saturated heterocycles. The van der Waals surface area contributed by atoms with Gasteiger partial charge in [0, 0.05) is 13.1 Å². The number of terminal acetylenes is 1. The first-order valence-electron chi connectivity index (χ1n) is 5.80. The van der Waals surface area contributed by atoms with Gasteiger partial charge < -0.3 is 4.90 Å². The zero-order valence-corrected chi connectivity index (χ0v) is 9.78. The molecule has 88 valence electrons. The van der Waals surface area contributed by atoms with E-state index < -0.39 is 0 Å². The van der Waals surface area contributed by atoms with E-state index in [1.54, 1.807) is 0 Å². The fourth-order valence-electron chi connectivity index (χ4n) is 2.06. The third-order valence-corrected chi connectivity index (χ3v) is 2.99. The maximum absolute atomic E-state index is 11.9. The molecule has 0 aromatic heterocycles. The van der Waals surface area contributed by atoms with E-state index in [9.17, 15) is 4.79 Å². The van der Waals surface area contributed by atoms with Crippen molar-refractivity contribution in [3.8, 4) is 12.3 Å². The fraction of sp³-hybridized carbons (Fsp3) is 0.357. The molecule has 1 aliphatic rings. The van der Waals surface area contributed by atoms with Gasteiger partial charge in [-0.05, 0) is 17.5 Å². The van der Waals surface area contributed by atoms with Gasteiger partial charge in [0.25, 0.3) is 0 Å². The summed E-state index contributed by atoms with van der Waals surface area (Å²) in [5.41, 5.74) is 2.61. The zero-order chi connectivity index (χ0) is 12.1. The molecule has 17 heavy (non-hydrogen) atoms. The van der Waals surface area contributed by atoms with E-state index in [2.05, 4.69) is 23.4 Å². The number of rotatable bonds is 3. The molecule has 0 radical (unpaired) electrons. The Labute approximate surface area is 102 Å². The first-order chi connectivity index (χ1) is 8.31. The molecule has 1 N–H and O–H groups in total. The molecule has 0 saturated carbocycles. The Balaban J connectivity index is 1.93. The lowest BCUT2D eigenvalue weighted by Gasteiger charge is -2.28. The van der Waals surface area contributed by atoms with E-state index in [0.29, 0.717) is 19.6 Å². The van der Waals surface area contributed by atoms with Gasteiger partial charge in [-0.15, -0.1) is 6.42 Å². The van der Waals surface area contributed by atoms with Crippen LogP contribution in [0.3, 0.4) is 0 Å². The molecule has 2 rings (SSSR count). The molecule has 1 aliphatic heterocycles. The topological polar surface area (TPSA) is 32.3 Å². The van der Waals surface area contributed by atoms with Gasteiger partial charge in [0.2, 0.25) is 5.91 Å². The minimum absolute atomic E-state index is 0.120. The molecule has 3 heteroatoms. The second-order valence-corrected chi connectivity index (χ2v) is 4.14. The Kier molecular flexibility index (Phi) is 3.79. The Bertz CT molecular complexity index is 448. The van der Waals surface area contributed by atoms with Crippen molar-refractivity contribution in [1.29, 1.82) is 0 Å². The molecule has 0 fully saturated rings. The van der Waals surface area contributed by atoms with Crippen LogP contribution in [0.4, 0.5) is 0 Å². The number of fused-ring (bicyclic) bond motifs is 1. The minimum atomic E-state index is 0.120. The molecular weight excluding hydrogens is 212 g/mol. The van der Waals surface area contributed by atoms with Gasteiger partial charge in [-0.2, -0.15) is 0 Å². The standard InChI is InChI=1S/C14H16N2O/c1-2-8-15-10-14(17)16-9-7-12-5-3-4-6-13(12)11-16/h1,3-6,15H,7-11H2. The summed E-state index contributed by atoms with van der Waals surface area (Å²) in [6, 6.07) is 8.28. The first-order valence-corrected chi connectivity index (χ1v) is 5.80. The van der Waals surface area contributed by atoms with Crippen molar-refractivity contribution < 1.29 is 4.79 Å². The van der Waals surface area contributed by atoms with Crippen molar-refractivity contribution >= 4 is 5.91 Å². The highest BCUT2D eigenvalue weighted by Gasteiger charge is 2.19. The normalized spacial score (nSPS) is 13.9. The average Bonchev–Trinajstić information content (AvgIpc) is 2.38. The van der Waals surface area contributed by atoms with Gasteiger partial charge in [0.15, 0.2) is 0 Å². The Morgan fingerprint density at radius 1 is 1.41 bits per heavy atom. The smallest absolute Gasteiger partial charge is 0.236 e. The number of nitrogens with one attached hydrogen (secondary N) is 1. The quantitative estimate of drug-likeness (QED) is 0.613. The summed E-state index contributed by atoms with van der Waals surface area (Å²) in [6.07, 6.45) is 6.06. The number of benzene rings is 1. The number of nitrogens with zero attached hydrogens (tertiary/aromatic N) is 1. The van der Waals surface area contributed by atoms with E-state index >= 15 is 0 Å². The van der Waals surface area contributed by atoms with Crippen LogP contribution in [-0.4, -0.2) is 30.4 Å². The van der Waals surface area contributed by atoms with Crippen molar-refractivity contribution in [3.63, 3.8) is 0 Å². The monoisotopic (exact) mass is 228 g/mol. The predicted octanol–water partition coefficient (Wildman–Crippen LogP) is 0.794. The van der Waals surface area contributed by atoms with Gasteiger partial charge in [0.05, 0.1) is 13.1 Å². The van der Waals surface area contributed by atoms with E-state index in [-0.39, 0.29) is 5.91 Å². The highest BCUT2D eigenvalue weighted by atomic mass is 16.2. The average molecular weight is 228 g/mol. The predicted molar refractivity (Wildman–Crippen MR) is 67.3 cm³/mol. The lowest BCUT2D eigenvalue weighted by molar-refractivity contribution is -0.131. The lowest BCUT2D eigenvalue weighted by atomic mass is 10.00. The van der Waals surface area contributed by atoms with Crippen LogP contribution in [0.1, 0.15) is 11.1 Å². The molecule has 0 unspecified atom stereocenters. The molecule has 0 atom stereocenters. The highest BCUT2D eigenvalue weighted by molar-refractivity contribution is 5.78. The summed E-state index contributed by atoms with van der Waals surface area (Å²) < 4.78 is 0. The van der Waals surface area contributed by atoms with Gasteiger partial charge in [0.1, 0.15) is 0 Å². The summed E-state index contributed by atoms with van der Waals surface area (Å²) in [5.74, 6) is 2.58. The second kappa shape index (κ2) is 5.51. The van der Waals surface area contributed by atoms with E-state index in [4.69, 9.17) is 6.42 Å². The highest BCUT2D eigenvalue weighted by Crippen LogP contribution is 2.18. The maximum atomic E-state index is 11.9. The molecular formula is C14H16N2O. The Hall–Kier alpha value is -1.79. The van der Waals surface area contributed by atoms with E-state index in [1.165, 1.54) is 11.1 Å². The second-order valence-electron chi connectivity index (χ2n) is 4.14. The Morgan fingerprint density at radius 2 is 2.18 bits per heavy atom. The summed E-state index contributed by atoms with van der Waals surface area (Å²) in [7, 11) is 0. The molecule has 3 nitrogen and oxygen atoms in total. The van der Waals surface area contributed by atoms with Crippen LogP contribution >= 0.6 is 0 Å². The van der Waals surface area contributed by atoms with Crippen molar-refractivity contribution in [2.45, 2.75) is 13.0 Å². The number of carbonyl (C=O) groups is 1. The van der Waals surface area contributed by atoms with Crippen molar-refractivity contribution in [1.82, 2.24) is 10.2 Å². The third-order valence-electron chi connectivity index (χ3n) is 2.99. The molecule has 1 heterocycles. The van der Waals surface area contributed by atoms with Crippen molar-refractivity contribution in [2.24, 2.45) is 0 Å². The zero-order valence-electron chi connectivity index (χ0n) is 9.78. The minimum Gasteiger partial charge on any atom is -0.337 e. The largest absolute Gasteiger partial charge is 0.337 e. The summed E-state index contributed by atoms with van der Waals surface area (Å²) in [6.45, 7) is 2.28. The SMILES string of the molecule is C#CCNCC(=O)N1CCc2ccccc2C1. The lowest BCUT2D eigenvalue weighted by Crippen LogP contribution is -2.41. The first kappa shape index (κ1) is 11.7. The van der Waals surface area contributed by atoms with E-state index in [0.717, 1.165) is 13.0 Å². The van der Waals surface area contributed by atoms with Crippen LogP contribution < -0.4 is 5.32 Å². The molecule has 1 amide bonds. The van der Waals surface area contributed by atoms with Crippen LogP contribution in [0.25, 0.3) is 0 Å². The molecule has 0 bridgehead atoms. The molecule has 1 aromatic carbocycles. The molecule has 1 aromatic rings. The maximum Gasteiger partial charge on any atom is 0.236 e. The van der Waals surface area contributed by atoms with Crippen LogP contribution in [0.2, 0.25) is 0 Å². The van der Waals surface area contributed by atoms with Crippen LogP contribution in [-0.2, 0) is 17.8 Å². The summed E-state index contributed by atoms with van der Waals surface area (Å²) >= 11 is 0. The van der Waals surface area contributed by atoms with Gasteiger partial charge in [-0.3, -0.25) is 10.1 Å². The van der Waals surface area contributed by atoms with Crippen LogP contribution in [0.5, 0.6) is 0 Å². The number of amides is 1. The third kappa shape index (κ3) is 2.86. The fourth-order valence-corrected chi connectivity index (χ4v) is 2.06. The van der Waals surface area contributed by atoms with E-state index in [1.807, 2.05) is 17.0 Å². The molecule has 0 aliphatic carbocycles. The number of hydrogen-bond donors (Lipinski definition) is 1. The van der Waals surface area contributed by atoms with Crippen molar-refractivity contribution in [2.75, 3.05) is 19.6 Å². The summed E-state index contributed by atoms with van der Waals surface area (Å²) in [4.78, 5) is 13.8. The number of hydrogen-bond acceptors (Lipinski definition) is 2. The van der Waals surface area contributed by atoms with Gasteiger partial charge in [-0.25, -0.2) is 0 Å². The van der Waals surface area contributed by atoms with Crippen LogP contribution in [0.15, 0.2) is 24.3 Å².